The molecule has 0 radical (unpaired) electrons. The number of ether oxygens (including phenoxy) is 1. The lowest BCUT2D eigenvalue weighted by Gasteiger charge is -2.09. The monoisotopic (exact) mass is 219 g/mol. The first-order valence-electron chi connectivity index (χ1n) is 4.79. The Hall–Kier alpha value is -2.17. The van der Waals surface area contributed by atoms with Crippen molar-refractivity contribution in [3.63, 3.8) is 0 Å². The third-order valence-electron chi connectivity index (χ3n) is 2.44. The number of benzene rings is 1. The zero-order valence-electron chi connectivity index (χ0n) is 9.14. The van der Waals surface area contributed by atoms with Gasteiger partial charge >= 0.3 is 0 Å². The van der Waals surface area contributed by atoms with Gasteiger partial charge in [-0.2, -0.15) is 5.10 Å². The number of methoxy groups -OCH3 is 1. The lowest BCUT2D eigenvalue weighted by Crippen LogP contribution is -1.96. The minimum Gasteiger partial charge on any atom is -0.504 e. The maximum atomic E-state index is 9.99. The molecule has 0 fully saturated rings. The number of rotatable bonds is 2. The van der Waals surface area contributed by atoms with Gasteiger partial charge in [0.05, 0.1) is 24.7 Å². The highest BCUT2D eigenvalue weighted by atomic mass is 16.5. The van der Waals surface area contributed by atoms with Crippen molar-refractivity contribution in [2.24, 2.45) is 7.05 Å². The Labute approximate surface area is 93.1 Å². The van der Waals surface area contributed by atoms with E-state index >= 15 is 0 Å². The van der Waals surface area contributed by atoms with E-state index < -0.39 is 0 Å². The van der Waals surface area contributed by atoms with E-state index in [1.54, 1.807) is 36.1 Å². The van der Waals surface area contributed by atoms with Gasteiger partial charge in [0, 0.05) is 12.6 Å². The van der Waals surface area contributed by atoms with Gasteiger partial charge in [0.1, 0.15) is 0 Å². The summed E-state index contributed by atoms with van der Waals surface area (Å²) >= 11 is 0. The predicted octanol–water partition coefficient (Wildman–Crippen LogP) is 1.38. The molecule has 5 nitrogen and oxygen atoms in total. The van der Waals surface area contributed by atoms with Gasteiger partial charge in [-0.3, -0.25) is 4.68 Å². The number of aryl methyl sites for hydroxylation is 1. The summed E-state index contributed by atoms with van der Waals surface area (Å²) in [5, 5.41) is 14.0. The molecule has 5 heteroatoms. The molecule has 0 unspecified atom stereocenters. The molecule has 1 heterocycles. The lowest BCUT2D eigenvalue weighted by atomic mass is 10.1. The van der Waals surface area contributed by atoms with Crippen LogP contribution in [0.15, 0.2) is 24.4 Å². The number of aromatic nitrogens is 2. The molecule has 1 aromatic carbocycles. The van der Waals surface area contributed by atoms with Gasteiger partial charge in [-0.25, -0.2) is 0 Å². The summed E-state index contributed by atoms with van der Waals surface area (Å²) in [4.78, 5) is 0. The summed E-state index contributed by atoms with van der Waals surface area (Å²) in [5.41, 5.74) is 7.60. The fourth-order valence-corrected chi connectivity index (χ4v) is 1.66. The second kappa shape index (κ2) is 3.77. The number of phenols is 1. The van der Waals surface area contributed by atoms with Gasteiger partial charge in [-0.05, 0) is 12.1 Å². The largest absolute Gasteiger partial charge is 0.504 e. The minimum atomic E-state index is 0.0697. The number of hydrogen-bond donors (Lipinski definition) is 2. The fraction of sp³-hybridized carbons (Fsp3) is 0.182. The van der Waals surface area contributed by atoms with Crippen molar-refractivity contribution in [1.29, 1.82) is 0 Å². The second-order valence-electron chi connectivity index (χ2n) is 3.43. The minimum absolute atomic E-state index is 0.0697. The maximum absolute atomic E-state index is 9.99. The van der Waals surface area contributed by atoms with Crippen LogP contribution < -0.4 is 10.5 Å². The van der Waals surface area contributed by atoms with Gasteiger partial charge < -0.3 is 15.6 Å². The first-order valence-corrected chi connectivity index (χ1v) is 4.79. The molecule has 0 aliphatic heterocycles. The molecule has 2 rings (SSSR count). The van der Waals surface area contributed by atoms with Crippen molar-refractivity contribution in [1.82, 2.24) is 9.78 Å². The smallest absolute Gasteiger partial charge is 0.167 e. The molecule has 0 atom stereocenters. The second-order valence-corrected chi connectivity index (χ2v) is 3.43. The highest BCUT2D eigenvalue weighted by molar-refractivity contribution is 5.79. The highest BCUT2D eigenvalue weighted by Gasteiger charge is 2.15. The van der Waals surface area contributed by atoms with Crippen molar-refractivity contribution in [2.75, 3.05) is 12.8 Å². The number of phenolic OH excluding ortho intramolecular Hbond substituents is 1. The van der Waals surface area contributed by atoms with E-state index in [1.807, 2.05) is 0 Å². The van der Waals surface area contributed by atoms with Gasteiger partial charge in [0.25, 0.3) is 0 Å². The maximum Gasteiger partial charge on any atom is 0.167 e. The first-order chi connectivity index (χ1) is 7.65. The number of para-hydroxylation sites is 1. The van der Waals surface area contributed by atoms with E-state index in [0.29, 0.717) is 22.7 Å². The molecule has 0 bridgehead atoms. The SMILES string of the molecule is COc1cccc(-c2c(N)cnn2C)c1O. The van der Waals surface area contributed by atoms with Crippen LogP contribution in [-0.2, 0) is 7.05 Å². The van der Waals surface area contributed by atoms with E-state index in [-0.39, 0.29) is 5.75 Å². The number of nitrogens with zero attached hydrogens (tertiary/aromatic N) is 2. The quantitative estimate of drug-likeness (QED) is 0.800. The van der Waals surface area contributed by atoms with E-state index in [1.165, 1.54) is 7.11 Å². The molecular formula is C11H13N3O2. The summed E-state index contributed by atoms with van der Waals surface area (Å²) in [6.45, 7) is 0. The van der Waals surface area contributed by atoms with E-state index in [2.05, 4.69) is 5.10 Å². The summed E-state index contributed by atoms with van der Waals surface area (Å²) < 4.78 is 6.66. The van der Waals surface area contributed by atoms with Crippen LogP contribution in [0.3, 0.4) is 0 Å². The molecule has 0 aliphatic carbocycles. The third kappa shape index (κ3) is 1.46. The number of anilines is 1. The van der Waals surface area contributed by atoms with Crippen LogP contribution in [0, 0.1) is 0 Å². The van der Waals surface area contributed by atoms with Crippen molar-refractivity contribution in [2.45, 2.75) is 0 Å². The van der Waals surface area contributed by atoms with Gasteiger partial charge in [-0.1, -0.05) is 6.07 Å². The van der Waals surface area contributed by atoms with Gasteiger partial charge in [0.2, 0.25) is 0 Å². The highest BCUT2D eigenvalue weighted by Crippen LogP contribution is 2.38. The van der Waals surface area contributed by atoms with Crippen LogP contribution in [0.5, 0.6) is 11.5 Å². The van der Waals surface area contributed by atoms with Gasteiger partial charge in [-0.15, -0.1) is 0 Å². The fourth-order valence-electron chi connectivity index (χ4n) is 1.66. The Morgan fingerprint density at radius 2 is 2.19 bits per heavy atom. The van der Waals surface area contributed by atoms with Crippen LogP contribution in [0.4, 0.5) is 5.69 Å². The summed E-state index contributed by atoms with van der Waals surface area (Å²) in [7, 11) is 3.27. The Morgan fingerprint density at radius 3 is 2.75 bits per heavy atom. The zero-order chi connectivity index (χ0) is 11.7. The van der Waals surface area contributed by atoms with Crippen LogP contribution in [0.1, 0.15) is 0 Å². The summed E-state index contributed by atoms with van der Waals surface area (Å²) in [6.07, 6.45) is 1.55. The first kappa shape index (κ1) is 10.4. The molecule has 1 aromatic heterocycles. The normalized spacial score (nSPS) is 10.4. The Balaban J connectivity index is 2.65. The molecule has 0 amide bonds. The molecule has 2 aromatic rings. The number of nitrogen functional groups attached to an aromatic ring is 1. The Morgan fingerprint density at radius 1 is 1.44 bits per heavy atom. The molecule has 0 spiro atoms. The molecule has 0 aliphatic rings. The molecule has 84 valence electrons. The van der Waals surface area contributed by atoms with E-state index in [0.717, 1.165) is 0 Å². The molecule has 16 heavy (non-hydrogen) atoms. The molecule has 0 saturated carbocycles. The van der Waals surface area contributed by atoms with E-state index in [9.17, 15) is 5.11 Å². The van der Waals surface area contributed by atoms with Crippen molar-refractivity contribution in [3.8, 4) is 22.8 Å². The average Bonchev–Trinajstić information content (AvgIpc) is 2.60. The number of hydrogen-bond acceptors (Lipinski definition) is 4. The molecule has 0 saturated heterocycles. The predicted molar refractivity (Wildman–Crippen MR) is 61.3 cm³/mol. The Kier molecular flexibility index (Phi) is 2.44. The van der Waals surface area contributed by atoms with Crippen LogP contribution in [0.2, 0.25) is 0 Å². The average molecular weight is 219 g/mol. The third-order valence-corrected chi connectivity index (χ3v) is 2.44. The van der Waals surface area contributed by atoms with Crippen LogP contribution in [-0.4, -0.2) is 22.0 Å². The van der Waals surface area contributed by atoms with Crippen molar-refractivity contribution < 1.29 is 9.84 Å². The van der Waals surface area contributed by atoms with Crippen LogP contribution in [0.25, 0.3) is 11.3 Å². The molecule has 3 N–H and O–H groups in total. The van der Waals surface area contributed by atoms with Crippen molar-refractivity contribution in [3.05, 3.63) is 24.4 Å². The number of aromatic hydroxyl groups is 1. The van der Waals surface area contributed by atoms with Gasteiger partial charge in [0.15, 0.2) is 11.5 Å². The Bertz CT molecular complexity index is 500. The van der Waals surface area contributed by atoms with Crippen LogP contribution >= 0.6 is 0 Å². The van der Waals surface area contributed by atoms with E-state index in [4.69, 9.17) is 10.5 Å². The lowest BCUT2D eigenvalue weighted by molar-refractivity contribution is 0.374. The summed E-state index contributed by atoms with van der Waals surface area (Å²) in [6, 6.07) is 5.25. The van der Waals surface area contributed by atoms with Crippen molar-refractivity contribution >= 4 is 5.69 Å². The standard InChI is InChI=1S/C11H13N3O2/c1-14-10(8(12)6-13-14)7-4-3-5-9(16-2)11(7)15/h3-6,15H,12H2,1-2H3. The summed E-state index contributed by atoms with van der Waals surface area (Å²) in [5.74, 6) is 0.485. The number of nitrogens with two attached hydrogens (primary N) is 1. The topological polar surface area (TPSA) is 73.3 Å². The zero-order valence-corrected chi connectivity index (χ0v) is 9.14. The molecular weight excluding hydrogens is 206 g/mol.